The number of hydrogen-bond donors (Lipinski definition) is 1. The van der Waals surface area contributed by atoms with E-state index in [1.54, 1.807) is 12.1 Å². The number of anilines is 1. The number of nitrogens with zero attached hydrogens (tertiary/aromatic N) is 1. The zero-order valence-corrected chi connectivity index (χ0v) is 13.7. The van der Waals surface area contributed by atoms with Crippen molar-refractivity contribution in [2.24, 2.45) is 0 Å². The highest BCUT2D eigenvalue weighted by Gasteiger charge is 2.10. The number of aryl methyl sites for hydroxylation is 1. The van der Waals surface area contributed by atoms with E-state index in [1.807, 2.05) is 19.1 Å². The number of non-ortho nitro benzene ring substituents is 1. The molecule has 0 atom stereocenters. The predicted molar refractivity (Wildman–Crippen MR) is 91.9 cm³/mol. The number of carbonyl (C=O) groups excluding carboxylic acids is 2. The van der Waals surface area contributed by atoms with Crippen LogP contribution in [-0.2, 0) is 20.9 Å². The van der Waals surface area contributed by atoms with Crippen LogP contribution >= 0.6 is 0 Å². The Kier molecular flexibility index (Phi) is 6.22. The molecule has 2 rings (SSSR count). The first-order valence-corrected chi connectivity index (χ1v) is 7.69. The van der Waals surface area contributed by atoms with E-state index in [0.717, 1.165) is 5.56 Å². The second-order valence-corrected chi connectivity index (χ2v) is 5.50. The number of rotatable bonds is 7. The van der Waals surface area contributed by atoms with E-state index in [-0.39, 0.29) is 31.0 Å². The van der Waals surface area contributed by atoms with Crippen LogP contribution in [0.15, 0.2) is 48.5 Å². The van der Waals surface area contributed by atoms with Gasteiger partial charge in [0.1, 0.15) is 6.61 Å². The van der Waals surface area contributed by atoms with E-state index in [1.165, 1.54) is 24.3 Å². The van der Waals surface area contributed by atoms with Gasteiger partial charge in [-0.3, -0.25) is 19.7 Å². The molecule has 0 unspecified atom stereocenters. The summed E-state index contributed by atoms with van der Waals surface area (Å²) in [5.41, 5.74) is 2.38. The maximum Gasteiger partial charge on any atom is 0.306 e. The molecule has 1 amide bonds. The molecular weight excluding hydrogens is 324 g/mol. The Morgan fingerprint density at radius 3 is 2.28 bits per heavy atom. The smallest absolute Gasteiger partial charge is 0.306 e. The molecule has 0 heterocycles. The molecule has 25 heavy (non-hydrogen) atoms. The molecule has 0 spiro atoms. The number of carbonyl (C=O) groups is 2. The van der Waals surface area contributed by atoms with Gasteiger partial charge >= 0.3 is 5.97 Å². The third-order valence-electron chi connectivity index (χ3n) is 3.44. The lowest BCUT2D eigenvalue weighted by atomic mass is 10.2. The van der Waals surface area contributed by atoms with Crippen molar-refractivity contribution in [3.8, 4) is 0 Å². The minimum Gasteiger partial charge on any atom is -0.461 e. The van der Waals surface area contributed by atoms with Crippen molar-refractivity contribution < 1.29 is 19.2 Å². The van der Waals surface area contributed by atoms with Gasteiger partial charge in [-0.2, -0.15) is 0 Å². The summed E-state index contributed by atoms with van der Waals surface area (Å²) in [4.78, 5) is 33.5. The number of benzene rings is 2. The lowest BCUT2D eigenvalue weighted by Gasteiger charge is -2.06. The summed E-state index contributed by atoms with van der Waals surface area (Å²) in [6.07, 6.45) is -0.0162. The molecule has 0 saturated heterocycles. The maximum absolute atomic E-state index is 11.8. The van der Waals surface area contributed by atoms with Crippen molar-refractivity contribution in [3.63, 3.8) is 0 Å². The van der Waals surface area contributed by atoms with Crippen LogP contribution in [0.2, 0.25) is 0 Å². The molecule has 0 bridgehead atoms. The van der Waals surface area contributed by atoms with Crippen LogP contribution in [0.3, 0.4) is 0 Å². The van der Waals surface area contributed by atoms with Crippen molar-refractivity contribution in [1.29, 1.82) is 0 Å². The van der Waals surface area contributed by atoms with E-state index in [2.05, 4.69) is 5.32 Å². The van der Waals surface area contributed by atoms with E-state index in [4.69, 9.17) is 4.74 Å². The third-order valence-corrected chi connectivity index (χ3v) is 3.44. The molecule has 0 saturated carbocycles. The number of nitrogens with one attached hydrogen (secondary N) is 1. The Balaban J connectivity index is 1.72. The Morgan fingerprint density at radius 1 is 1.04 bits per heavy atom. The van der Waals surface area contributed by atoms with E-state index >= 15 is 0 Å². The normalized spacial score (nSPS) is 10.1. The van der Waals surface area contributed by atoms with E-state index < -0.39 is 10.9 Å². The Labute approximate surface area is 144 Å². The summed E-state index contributed by atoms with van der Waals surface area (Å²) in [7, 11) is 0. The number of nitro benzene ring substituents is 1. The van der Waals surface area contributed by atoms with Gasteiger partial charge in [0.05, 0.1) is 11.3 Å². The highest BCUT2D eigenvalue weighted by Crippen LogP contribution is 2.13. The van der Waals surface area contributed by atoms with Crippen LogP contribution in [-0.4, -0.2) is 16.8 Å². The second kappa shape index (κ2) is 8.58. The molecule has 0 aliphatic rings. The van der Waals surface area contributed by atoms with Crippen molar-refractivity contribution in [2.45, 2.75) is 26.4 Å². The Morgan fingerprint density at radius 2 is 1.68 bits per heavy atom. The molecule has 0 aromatic heterocycles. The molecule has 0 aliphatic heterocycles. The molecule has 7 heteroatoms. The van der Waals surface area contributed by atoms with Crippen molar-refractivity contribution >= 4 is 23.3 Å². The SMILES string of the molecule is Cc1ccc(NC(=O)CCC(=O)OCc2ccc([N+](=O)[O-])cc2)cc1. The largest absolute Gasteiger partial charge is 0.461 e. The van der Waals surface area contributed by atoms with Gasteiger partial charge in [-0.1, -0.05) is 17.7 Å². The zero-order valence-electron chi connectivity index (χ0n) is 13.7. The van der Waals surface area contributed by atoms with Crippen LogP contribution in [0, 0.1) is 17.0 Å². The average molecular weight is 342 g/mol. The quantitative estimate of drug-likeness (QED) is 0.472. The Bertz CT molecular complexity index is 754. The summed E-state index contributed by atoms with van der Waals surface area (Å²) in [6.45, 7) is 1.96. The first kappa shape index (κ1) is 18.1. The van der Waals surface area contributed by atoms with E-state index in [9.17, 15) is 19.7 Å². The van der Waals surface area contributed by atoms with Gasteiger partial charge in [0.15, 0.2) is 0 Å². The number of hydrogen-bond acceptors (Lipinski definition) is 5. The van der Waals surface area contributed by atoms with E-state index in [0.29, 0.717) is 11.3 Å². The maximum atomic E-state index is 11.8. The fourth-order valence-electron chi connectivity index (χ4n) is 2.03. The lowest BCUT2D eigenvalue weighted by molar-refractivity contribution is -0.384. The second-order valence-electron chi connectivity index (χ2n) is 5.50. The fourth-order valence-corrected chi connectivity index (χ4v) is 2.03. The van der Waals surface area contributed by atoms with Crippen molar-refractivity contribution in [2.75, 3.05) is 5.32 Å². The average Bonchev–Trinajstić information content (AvgIpc) is 2.60. The van der Waals surface area contributed by atoms with Gasteiger partial charge in [-0.05, 0) is 36.8 Å². The first-order chi connectivity index (χ1) is 11.9. The van der Waals surface area contributed by atoms with Crippen LogP contribution < -0.4 is 5.32 Å². The molecule has 0 radical (unpaired) electrons. The minimum atomic E-state index is -0.502. The van der Waals surface area contributed by atoms with Crippen LogP contribution in [0.1, 0.15) is 24.0 Å². The monoisotopic (exact) mass is 342 g/mol. The van der Waals surface area contributed by atoms with Gasteiger partial charge in [-0.25, -0.2) is 0 Å². The number of nitro groups is 1. The summed E-state index contributed by atoms with van der Waals surface area (Å²) in [5, 5.41) is 13.3. The third kappa shape index (κ3) is 6.06. The van der Waals surface area contributed by atoms with Crippen molar-refractivity contribution in [3.05, 3.63) is 69.8 Å². The van der Waals surface area contributed by atoms with Gasteiger partial charge in [0, 0.05) is 24.2 Å². The summed E-state index contributed by atoms with van der Waals surface area (Å²) in [6, 6.07) is 13.1. The molecule has 0 fully saturated rings. The van der Waals surface area contributed by atoms with Gasteiger partial charge < -0.3 is 10.1 Å². The molecule has 2 aromatic carbocycles. The van der Waals surface area contributed by atoms with Gasteiger partial charge in [0.25, 0.3) is 5.69 Å². The standard InChI is InChI=1S/C18H18N2O5/c1-13-2-6-15(7-3-13)19-17(21)10-11-18(22)25-12-14-4-8-16(9-5-14)20(23)24/h2-9H,10-12H2,1H3,(H,19,21). The van der Waals surface area contributed by atoms with Crippen LogP contribution in [0.4, 0.5) is 11.4 Å². The zero-order chi connectivity index (χ0) is 18.2. The van der Waals surface area contributed by atoms with Crippen LogP contribution in [0.5, 0.6) is 0 Å². The first-order valence-electron chi connectivity index (χ1n) is 7.69. The Hall–Kier alpha value is -3.22. The minimum absolute atomic E-state index is 0.0103. The molecular formula is C18H18N2O5. The molecule has 1 N–H and O–H groups in total. The number of esters is 1. The fraction of sp³-hybridized carbons (Fsp3) is 0.222. The highest BCUT2D eigenvalue weighted by molar-refractivity contribution is 5.92. The summed E-state index contributed by atoms with van der Waals surface area (Å²) in [5.74, 6) is -0.770. The van der Waals surface area contributed by atoms with Crippen molar-refractivity contribution in [1.82, 2.24) is 0 Å². The topological polar surface area (TPSA) is 98.5 Å². The number of ether oxygens (including phenoxy) is 1. The van der Waals surface area contributed by atoms with Gasteiger partial charge in [0.2, 0.25) is 5.91 Å². The predicted octanol–water partition coefficient (Wildman–Crippen LogP) is 3.37. The molecule has 130 valence electrons. The number of amides is 1. The molecule has 0 aliphatic carbocycles. The summed E-state index contributed by atoms with van der Waals surface area (Å²) < 4.78 is 5.06. The summed E-state index contributed by atoms with van der Waals surface area (Å²) >= 11 is 0. The molecule has 2 aromatic rings. The van der Waals surface area contributed by atoms with Gasteiger partial charge in [-0.15, -0.1) is 0 Å². The highest BCUT2D eigenvalue weighted by atomic mass is 16.6. The lowest BCUT2D eigenvalue weighted by Crippen LogP contribution is -2.14. The molecule has 7 nitrogen and oxygen atoms in total. The van der Waals surface area contributed by atoms with Crippen LogP contribution in [0.25, 0.3) is 0 Å².